The van der Waals surface area contributed by atoms with E-state index in [4.69, 9.17) is 5.73 Å². The van der Waals surface area contributed by atoms with Gasteiger partial charge in [0.25, 0.3) is 5.56 Å². The molecule has 0 aliphatic carbocycles. The second kappa shape index (κ2) is 7.26. The molecule has 0 amide bonds. The Bertz CT molecular complexity index is 577. The van der Waals surface area contributed by atoms with Crippen molar-refractivity contribution >= 4 is 17.0 Å². The number of likely N-dealkylation sites (N-methyl/N-ethyl adjacent to an activating group) is 1. The van der Waals surface area contributed by atoms with E-state index in [9.17, 15) is 4.79 Å². The van der Waals surface area contributed by atoms with Gasteiger partial charge < -0.3 is 15.2 Å². The summed E-state index contributed by atoms with van der Waals surface area (Å²) in [6.07, 6.45) is 3.75. The lowest BCUT2D eigenvalue weighted by Gasteiger charge is -2.16. The number of anilines is 1. The number of hydrogen-bond acceptors (Lipinski definition) is 4. The molecule has 0 radical (unpaired) electrons. The predicted octanol–water partition coefficient (Wildman–Crippen LogP) is 2.06. The first-order valence-corrected chi connectivity index (χ1v) is 7.70. The summed E-state index contributed by atoms with van der Waals surface area (Å²) in [7, 11) is 2.12. The van der Waals surface area contributed by atoms with Crippen molar-refractivity contribution in [2.24, 2.45) is 0 Å². The molecule has 0 unspecified atom stereocenters. The van der Waals surface area contributed by atoms with Gasteiger partial charge in [0.2, 0.25) is 0 Å². The van der Waals surface area contributed by atoms with Crippen LogP contribution in [-0.2, 0) is 13.0 Å². The minimum Gasteiger partial charge on any atom is -0.398 e. The molecule has 20 heavy (non-hydrogen) atoms. The molecule has 0 aliphatic heterocycles. The predicted molar refractivity (Wildman–Crippen MR) is 85.3 cm³/mol. The zero-order valence-corrected chi connectivity index (χ0v) is 12.6. The first-order valence-electron chi connectivity index (χ1n) is 6.82. The van der Waals surface area contributed by atoms with Crippen LogP contribution in [-0.4, -0.2) is 29.6 Å². The molecule has 108 valence electrons. The van der Waals surface area contributed by atoms with Crippen LogP contribution < -0.4 is 11.3 Å². The lowest BCUT2D eigenvalue weighted by Crippen LogP contribution is -2.25. The first kappa shape index (κ1) is 14.8. The summed E-state index contributed by atoms with van der Waals surface area (Å²) in [5, 5.41) is 2.11. The van der Waals surface area contributed by atoms with Crippen molar-refractivity contribution in [3.8, 4) is 0 Å². The molecule has 0 spiro atoms. The summed E-state index contributed by atoms with van der Waals surface area (Å²) in [6.45, 7) is 2.74. The van der Waals surface area contributed by atoms with Crippen molar-refractivity contribution in [2.45, 2.75) is 19.4 Å². The molecule has 2 rings (SSSR count). The molecule has 0 aromatic carbocycles. The van der Waals surface area contributed by atoms with E-state index in [2.05, 4.69) is 29.5 Å². The maximum absolute atomic E-state index is 11.6. The zero-order valence-electron chi connectivity index (χ0n) is 11.8. The van der Waals surface area contributed by atoms with Gasteiger partial charge in [-0.05, 0) is 43.9 Å². The third-order valence-electron chi connectivity index (χ3n) is 3.27. The Morgan fingerprint density at radius 3 is 2.90 bits per heavy atom. The van der Waals surface area contributed by atoms with Crippen LogP contribution in [0.4, 0.5) is 5.69 Å². The average Bonchev–Trinajstić information content (AvgIpc) is 2.93. The zero-order chi connectivity index (χ0) is 14.4. The number of nitrogens with two attached hydrogens (primary N) is 1. The van der Waals surface area contributed by atoms with Gasteiger partial charge in [-0.15, -0.1) is 11.3 Å². The van der Waals surface area contributed by atoms with Crippen molar-refractivity contribution in [2.75, 3.05) is 25.9 Å². The molecule has 0 aliphatic rings. The Hall–Kier alpha value is -1.59. The Balaban J connectivity index is 1.72. The molecule has 5 heteroatoms. The molecular weight excluding hydrogens is 270 g/mol. The number of hydrogen-bond donors (Lipinski definition) is 1. The molecule has 0 saturated heterocycles. The maximum atomic E-state index is 11.6. The van der Waals surface area contributed by atoms with E-state index in [1.54, 1.807) is 28.2 Å². The number of nitrogens with zero attached hydrogens (tertiary/aromatic N) is 2. The fourth-order valence-electron chi connectivity index (χ4n) is 2.10. The Morgan fingerprint density at radius 1 is 1.30 bits per heavy atom. The highest BCUT2D eigenvalue weighted by Gasteiger charge is 2.01. The van der Waals surface area contributed by atoms with E-state index < -0.39 is 0 Å². The summed E-state index contributed by atoms with van der Waals surface area (Å²) in [5.74, 6) is 0. The minimum atomic E-state index is 0.0143. The van der Waals surface area contributed by atoms with Crippen LogP contribution in [0.15, 0.2) is 40.6 Å². The number of aromatic nitrogens is 1. The van der Waals surface area contributed by atoms with Crippen LogP contribution in [0.5, 0.6) is 0 Å². The number of pyridine rings is 1. The van der Waals surface area contributed by atoms with Gasteiger partial charge in [0.05, 0.1) is 0 Å². The quantitative estimate of drug-likeness (QED) is 0.849. The topological polar surface area (TPSA) is 51.3 Å². The lowest BCUT2D eigenvalue weighted by atomic mass is 10.3. The number of aryl methyl sites for hydroxylation is 1. The largest absolute Gasteiger partial charge is 0.398 e. The number of rotatable bonds is 7. The van der Waals surface area contributed by atoms with E-state index in [1.165, 1.54) is 10.9 Å². The van der Waals surface area contributed by atoms with E-state index >= 15 is 0 Å². The van der Waals surface area contributed by atoms with Crippen LogP contribution >= 0.6 is 11.3 Å². The van der Waals surface area contributed by atoms with E-state index in [0.717, 1.165) is 25.9 Å². The molecule has 2 aromatic rings. The van der Waals surface area contributed by atoms with Crippen molar-refractivity contribution in [1.29, 1.82) is 0 Å². The highest BCUT2D eigenvalue weighted by Crippen LogP contribution is 2.09. The summed E-state index contributed by atoms with van der Waals surface area (Å²) < 4.78 is 1.68. The average molecular weight is 291 g/mol. The van der Waals surface area contributed by atoms with E-state index in [0.29, 0.717) is 12.2 Å². The minimum absolute atomic E-state index is 0.0143. The van der Waals surface area contributed by atoms with Crippen LogP contribution in [0.25, 0.3) is 0 Å². The summed E-state index contributed by atoms with van der Waals surface area (Å²) in [6, 6.07) is 7.43. The van der Waals surface area contributed by atoms with Crippen LogP contribution in [0, 0.1) is 0 Å². The van der Waals surface area contributed by atoms with Gasteiger partial charge >= 0.3 is 0 Å². The van der Waals surface area contributed by atoms with Crippen LogP contribution in [0.1, 0.15) is 11.3 Å². The van der Waals surface area contributed by atoms with Crippen LogP contribution in [0.3, 0.4) is 0 Å². The summed E-state index contributed by atoms with van der Waals surface area (Å²) in [4.78, 5) is 15.3. The van der Waals surface area contributed by atoms with Crippen molar-refractivity contribution < 1.29 is 0 Å². The Kier molecular flexibility index (Phi) is 5.38. The monoisotopic (exact) mass is 291 g/mol. The van der Waals surface area contributed by atoms with Crippen molar-refractivity contribution in [1.82, 2.24) is 9.47 Å². The lowest BCUT2D eigenvalue weighted by molar-refractivity contribution is 0.325. The van der Waals surface area contributed by atoms with E-state index in [1.807, 2.05) is 0 Å². The van der Waals surface area contributed by atoms with Gasteiger partial charge in [0.15, 0.2) is 0 Å². The SMILES string of the molecule is CN(CCCn1cc(N)ccc1=O)CCc1cccs1. The molecule has 0 saturated carbocycles. The highest BCUT2D eigenvalue weighted by molar-refractivity contribution is 7.09. The molecular formula is C15H21N3OS. The Morgan fingerprint density at radius 2 is 2.15 bits per heavy atom. The standard InChI is InChI=1S/C15H21N3OS/c1-17(10-7-14-4-2-11-20-14)8-3-9-18-12-13(16)5-6-15(18)19/h2,4-6,11-12H,3,7-10,16H2,1H3. The normalized spacial score (nSPS) is 11.1. The van der Waals surface area contributed by atoms with E-state index in [-0.39, 0.29) is 5.56 Å². The van der Waals surface area contributed by atoms with Gasteiger partial charge in [-0.25, -0.2) is 0 Å². The number of thiophene rings is 1. The Labute approximate surface area is 123 Å². The highest BCUT2D eigenvalue weighted by atomic mass is 32.1. The van der Waals surface area contributed by atoms with Gasteiger partial charge in [0, 0.05) is 35.9 Å². The molecule has 4 nitrogen and oxygen atoms in total. The molecule has 2 N–H and O–H groups in total. The molecule has 0 bridgehead atoms. The molecule has 2 aromatic heterocycles. The smallest absolute Gasteiger partial charge is 0.250 e. The van der Waals surface area contributed by atoms with Crippen LogP contribution in [0.2, 0.25) is 0 Å². The van der Waals surface area contributed by atoms with Gasteiger partial charge in [0.1, 0.15) is 0 Å². The van der Waals surface area contributed by atoms with Crippen molar-refractivity contribution in [3.05, 3.63) is 51.1 Å². The van der Waals surface area contributed by atoms with Gasteiger partial charge in [-0.3, -0.25) is 4.79 Å². The van der Waals surface area contributed by atoms with Crippen molar-refractivity contribution in [3.63, 3.8) is 0 Å². The summed E-state index contributed by atoms with van der Waals surface area (Å²) >= 11 is 1.80. The third kappa shape index (κ3) is 4.51. The summed E-state index contributed by atoms with van der Waals surface area (Å²) in [5.41, 5.74) is 6.34. The first-order chi connectivity index (χ1) is 9.65. The van der Waals surface area contributed by atoms with Gasteiger partial charge in [-0.2, -0.15) is 0 Å². The fourth-order valence-corrected chi connectivity index (χ4v) is 2.80. The third-order valence-corrected chi connectivity index (χ3v) is 4.20. The second-order valence-corrected chi connectivity index (χ2v) is 6.01. The second-order valence-electron chi connectivity index (χ2n) is 4.98. The molecule has 0 atom stereocenters. The molecule has 2 heterocycles. The number of nitrogen functional groups attached to an aromatic ring is 1. The fraction of sp³-hybridized carbons (Fsp3) is 0.400. The van der Waals surface area contributed by atoms with Gasteiger partial charge in [-0.1, -0.05) is 6.07 Å². The molecule has 0 fully saturated rings. The maximum Gasteiger partial charge on any atom is 0.250 e.